The topological polar surface area (TPSA) is 12.4 Å². The Bertz CT molecular complexity index is 179. The summed E-state index contributed by atoms with van der Waals surface area (Å²) < 4.78 is 0. The molecule has 0 fully saturated rings. The van der Waals surface area contributed by atoms with E-state index in [-0.39, 0.29) is 0 Å². The van der Waals surface area contributed by atoms with Crippen LogP contribution in [0.3, 0.4) is 0 Å². The summed E-state index contributed by atoms with van der Waals surface area (Å²) in [6.45, 7) is 5.38. The molecule has 1 heteroatoms. The zero-order chi connectivity index (χ0) is 7.11. The van der Waals surface area contributed by atoms with Crippen molar-refractivity contribution < 1.29 is 0 Å². The molecule has 0 aliphatic rings. The van der Waals surface area contributed by atoms with Crippen LogP contribution in [0.2, 0.25) is 0 Å². The van der Waals surface area contributed by atoms with Gasteiger partial charge in [-0.15, -0.1) is 6.42 Å². The zero-order valence-corrected chi connectivity index (χ0v) is 5.46. The summed E-state index contributed by atoms with van der Waals surface area (Å²) in [4.78, 5) is 3.79. The molecule has 46 valence electrons. The van der Waals surface area contributed by atoms with Crippen LogP contribution in [0.15, 0.2) is 29.4 Å². The van der Waals surface area contributed by atoms with Crippen LogP contribution in [0.4, 0.5) is 0 Å². The molecule has 0 aromatic carbocycles. The number of allylic oxidation sites excluding steroid dienone is 3. The second-order valence-corrected chi connectivity index (χ2v) is 1.39. The minimum Gasteiger partial charge on any atom is -0.248 e. The highest BCUT2D eigenvalue weighted by atomic mass is 14.7. The third-order valence-corrected chi connectivity index (χ3v) is 0.676. The van der Waals surface area contributed by atoms with Crippen molar-refractivity contribution in [1.82, 2.24) is 0 Å². The Labute approximate surface area is 55.8 Å². The zero-order valence-electron chi connectivity index (χ0n) is 5.46. The van der Waals surface area contributed by atoms with Gasteiger partial charge >= 0.3 is 0 Å². The molecule has 0 saturated heterocycles. The van der Waals surface area contributed by atoms with Crippen LogP contribution in [-0.2, 0) is 0 Å². The number of rotatable bonds is 2. The van der Waals surface area contributed by atoms with E-state index in [9.17, 15) is 0 Å². The molecule has 0 aromatic heterocycles. The van der Waals surface area contributed by atoms with Gasteiger partial charge in [0, 0.05) is 6.21 Å². The van der Waals surface area contributed by atoms with Crippen molar-refractivity contribution in [2.24, 2.45) is 4.99 Å². The van der Waals surface area contributed by atoms with Crippen molar-refractivity contribution in [2.45, 2.75) is 6.92 Å². The quantitative estimate of drug-likeness (QED) is 0.388. The monoisotopic (exact) mass is 119 g/mol. The van der Waals surface area contributed by atoms with Gasteiger partial charge in [-0.2, -0.15) is 0 Å². The second kappa shape index (κ2) is 4.86. The van der Waals surface area contributed by atoms with E-state index in [0.29, 0.717) is 5.70 Å². The molecule has 1 nitrogen and oxygen atoms in total. The highest BCUT2D eigenvalue weighted by Gasteiger charge is 1.72. The molecule has 0 N–H and O–H groups in total. The van der Waals surface area contributed by atoms with E-state index in [1.54, 1.807) is 12.3 Å². The van der Waals surface area contributed by atoms with Gasteiger partial charge < -0.3 is 0 Å². The Morgan fingerprint density at radius 2 is 2.44 bits per heavy atom. The number of hydrogen-bond acceptors (Lipinski definition) is 1. The largest absolute Gasteiger partial charge is 0.248 e. The van der Waals surface area contributed by atoms with Gasteiger partial charge in [0.2, 0.25) is 0 Å². The molecular formula is C8H9N. The van der Waals surface area contributed by atoms with E-state index in [0.717, 1.165) is 0 Å². The fraction of sp³-hybridized carbons (Fsp3) is 0.125. The molecule has 0 saturated carbocycles. The summed E-state index contributed by atoms with van der Waals surface area (Å²) in [6.07, 6.45) is 10.2. The Morgan fingerprint density at radius 1 is 1.78 bits per heavy atom. The summed E-state index contributed by atoms with van der Waals surface area (Å²) >= 11 is 0. The van der Waals surface area contributed by atoms with Crippen LogP contribution in [0.25, 0.3) is 0 Å². The van der Waals surface area contributed by atoms with E-state index in [4.69, 9.17) is 6.42 Å². The van der Waals surface area contributed by atoms with Gasteiger partial charge in [-0.1, -0.05) is 18.6 Å². The van der Waals surface area contributed by atoms with Crippen molar-refractivity contribution in [3.05, 3.63) is 24.4 Å². The molecule has 0 atom stereocenters. The Balaban J connectivity index is 3.75. The summed E-state index contributed by atoms with van der Waals surface area (Å²) in [7, 11) is 0. The predicted molar refractivity (Wildman–Crippen MR) is 41.3 cm³/mol. The fourth-order valence-electron chi connectivity index (χ4n) is 0.256. The highest BCUT2D eigenvalue weighted by Crippen LogP contribution is 1.84. The van der Waals surface area contributed by atoms with Crippen LogP contribution in [-0.4, -0.2) is 6.21 Å². The van der Waals surface area contributed by atoms with Crippen LogP contribution in [0.5, 0.6) is 0 Å². The molecular weight excluding hydrogens is 110 g/mol. The number of nitrogens with zero attached hydrogens (tertiary/aromatic N) is 1. The van der Waals surface area contributed by atoms with Crippen LogP contribution in [0.1, 0.15) is 6.92 Å². The third kappa shape index (κ3) is 4.57. The van der Waals surface area contributed by atoms with E-state index in [1.807, 2.05) is 13.0 Å². The Morgan fingerprint density at radius 3 is 2.89 bits per heavy atom. The van der Waals surface area contributed by atoms with Crippen molar-refractivity contribution >= 4 is 6.21 Å². The van der Waals surface area contributed by atoms with E-state index >= 15 is 0 Å². The number of terminal acetylenes is 1. The lowest BCUT2D eigenvalue weighted by Crippen LogP contribution is -1.67. The highest BCUT2D eigenvalue weighted by molar-refractivity contribution is 5.72. The second-order valence-electron chi connectivity index (χ2n) is 1.39. The lowest BCUT2D eigenvalue weighted by Gasteiger charge is -1.78. The normalized spacial score (nSPS) is 10.2. The Kier molecular flexibility index (Phi) is 4.16. The summed E-state index contributed by atoms with van der Waals surface area (Å²) in [6, 6.07) is 0. The average molecular weight is 119 g/mol. The predicted octanol–water partition coefficient (Wildman–Crippen LogP) is 1.78. The van der Waals surface area contributed by atoms with Crippen molar-refractivity contribution in [1.29, 1.82) is 0 Å². The van der Waals surface area contributed by atoms with Gasteiger partial charge in [0.05, 0.1) is 0 Å². The van der Waals surface area contributed by atoms with Crippen LogP contribution < -0.4 is 0 Å². The first-order chi connectivity index (χ1) is 4.31. The third-order valence-electron chi connectivity index (χ3n) is 0.676. The standard InChI is InChI=1S/C8H9N/c1-4-6-7-9-8(3)5-2/h2,4,6-7H,3H2,1H3/b6-4-,9-7?. The molecule has 9 heavy (non-hydrogen) atoms. The number of hydrogen-bond donors (Lipinski definition) is 0. The minimum absolute atomic E-state index is 0.452. The maximum atomic E-state index is 4.97. The molecule has 0 heterocycles. The van der Waals surface area contributed by atoms with E-state index in [1.165, 1.54) is 0 Å². The Hall–Kier alpha value is -1.29. The van der Waals surface area contributed by atoms with Gasteiger partial charge in [0.15, 0.2) is 0 Å². The number of aliphatic imine (C=N–C) groups is 1. The van der Waals surface area contributed by atoms with E-state index in [2.05, 4.69) is 17.5 Å². The molecule has 0 aliphatic heterocycles. The van der Waals surface area contributed by atoms with Gasteiger partial charge in [-0.25, -0.2) is 4.99 Å². The fourth-order valence-corrected chi connectivity index (χ4v) is 0.256. The molecule has 0 aromatic rings. The maximum Gasteiger partial charge on any atom is 0.105 e. The first-order valence-corrected chi connectivity index (χ1v) is 2.62. The molecule has 0 amide bonds. The van der Waals surface area contributed by atoms with E-state index < -0.39 is 0 Å². The van der Waals surface area contributed by atoms with Crippen LogP contribution >= 0.6 is 0 Å². The van der Waals surface area contributed by atoms with Gasteiger partial charge in [-0.3, -0.25) is 0 Å². The van der Waals surface area contributed by atoms with Crippen molar-refractivity contribution in [2.75, 3.05) is 0 Å². The molecule has 0 radical (unpaired) electrons. The lowest BCUT2D eigenvalue weighted by atomic mass is 10.5. The molecule has 0 bridgehead atoms. The van der Waals surface area contributed by atoms with Crippen molar-refractivity contribution in [3.8, 4) is 12.3 Å². The average Bonchev–Trinajstić information content (AvgIpc) is 1.89. The summed E-state index contributed by atoms with van der Waals surface area (Å²) in [5, 5.41) is 0. The van der Waals surface area contributed by atoms with Gasteiger partial charge in [-0.05, 0) is 13.0 Å². The molecule has 0 unspecified atom stereocenters. The maximum absolute atomic E-state index is 4.97. The molecule has 0 spiro atoms. The first kappa shape index (κ1) is 7.71. The lowest BCUT2D eigenvalue weighted by molar-refractivity contribution is 1.50. The van der Waals surface area contributed by atoms with Crippen molar-refractivity contribution in [3.63, 3.8) is 0 Å². The minimum atomic E-state index is 0.452. The molecule has 0 rings (SSSR count). The van der Waals surface area contributed by atoms with Crippen LogP contribution in [0, 0.1) is 12.3 Å². The summed E-state index contributed by atoms with van der Waals surface area (Å²) in [5.41, 5.74) is 0.452. The summed E-state index contributed by atoms with van der Waals surface area (Å²) in [5.74, 6) is 2.30. The van der Waals surface area contributed by atoms with Gasteiger partial charge in [0.25, 0.3) is 0 Å². The van der Waals surface area contributed by atoms with Gasteiger partial charge in [0.1, 0.15) is 5.70 Å². The smallest absolute Gasteiger partial charge is 0.105 e. The SMILES string of the molecule is C#CC(=C)N=C/C=C\C. The first-order valence-electron chi connectivity index (χ1n) is 2.62. The molecule has 0 aliphatic carbocycles.